The highest BCUT2D eigenvalue weighted by Gasteiger charge is 2.37. The Kier molecular flexibility index (Phi) is 6.85. The Bertz CT molecular complexity index is 596. The summed E-state index contributed by atoms with van der Waals surface area (Å²) in [5.74, 6) is 0.202. The molecule has 0 radical (unpaired) electrons. The molecular weight excluding hydrogens is 338 g/mol. The summed E-state index contributed by atoms with van der Waals surface area (Å²) >= 11 is 0. The largest absolute Gasteiger partial charge is 0.333 e. The van der Waals surface area contributed by atoms with E-state index in [4.69, 9.17) is 0 Å². The average molecular weight is 366 g/mol. The summed E-state index contributed by atoms with van der Waals surface area (Å²) in [5, 5.41) is 3.38. The highest BCUT2D eigenvalue weighted by atomic mass is 35.5. The number of anilines is 1. The van der Waals surface area contributed by atoms with Crippen LogP contribution < -0.4 is 10.2 Å². The fourth-order valence-electron chi connectivity index (χ4n) is 3.88. The summed E-state index contributed by atoms with van der Waals surface area (Å²) in [6.07, 6.45) is 3.39. The zero-order valence-corrected chi connectivity index (χ0v) is 15.8. The van der Waals surface area contributed by atoms with Crippen LogP contribution in [-0.4, -0.2) is 48.9 Å². The normalized spacial score (nSPS) is 26.7. The number of nitrogens with zero attached hydrogens (tertiary/aromatic N) is 2. The smallest absolute Gasteiger partial charge is 0.249 e. The Labute approximate surface area is 156 Å². The summed E-state index contributed by atoms with van der Waals surface area (Å²) in [5.41, 5.74) is 0.920. The Morgan fingerprint density at radius 3 is 2.64 bits per heavy atom. The third kappa shape index (κ3) is 4.33. The van der Waals surface area contributed by atoms with E-state index in [-0.39, 0.29) is 36.2 Å². The molecule has 0 aliphatic carbocycles. The lowest BCUT2D eigenvalue weighted by Gasteiger charge is -2.39. The van der Waals surface area contributed by atoms with Crippen molar-refractivity contribution in [3.63, 3.8) is 0 Å². The van der Waals surface area contributed by atoms with Gasteiger partial charge in [-0.3, -0.25) is 9.59 Å². The Morgan fingerprint density at radius 1 is 1.24 bits per heavy atom. The summed E-state index contributed by atoms with van der Waals surface area (Å²) in [6.45, 7) is 3.72. The molecule has 1 N–H and O–H groups in total. The van der Waals surface area contributed by atoms with Crippen LogP contribution in [-0.2, 0) is 9.59 Å². The first-order chi connectivity index (χ1) is 11.6. The molecule has 2 saturated heterocycles. The number of hydrogen-bond donors (Lipinski definition) is 1. The number of halogens is 1. The molecule has 2 aliphatic rings. The molecule has 3 rings (SSSR count). The molecule has 5 nitrogen and oxygen atoms in total. The highest BCUT2D eigenvalue weighted by molar-refractivity contribution is 6.00. The van der Waals surface area contributed by atoms with Crippen molar-refractivity contribution >= 4 is 29.9 Å². The molecule has 1 aromatic rings. The van der Waals surface area contributed by atoms with E-state index in [1.54, 1.807) is 11.9 Å². The Morgan fingerprint density at radius 2 is 1.96 bits per heavy atom. The first-order valence-corrected chi connectivity index (χ1v) is 8.94. The van der Waals surface area contributed by atoms with E-state index >= 15 is 0 Å². The van der Waals surface area contributed by atoms with Crippen LogP contribution in [0.15, 0.2) is 30.3 Å². The molecule has 0 spiro atoms. The van der Waals surface area contributed by atoms with Crippen molar-refractivity contribution < 1.29 is 9.59 Å². The van der Waals surface area contributed by atoms with E-state index in [9.17, 15) is 9.59 Å². The standard InChI is InChI=1S/C19H27N3O2.ClH/c1-14-13-15(10-11-20-14)18(23)21(2)17-9-6-12-22(19(17)24)16-7-4-3-5-8-16;/h3-5,7-8,14-15,17,20H,6,9-13H2,1-2H3;1H/t14-,15-,17?;/m0./s1. The van der Waals surface area contributed by atoms with E-state index in [2.05, 4.69) is 12.2 Å². The van der Waals surface area contributed by atoms with Gasteiger partial charge in [0.25, 0.3) is 0 Å². The maximum Gasteiger partial charge on any atom is 0.249 e. The van der Waals surface area contributed by atoms with E-state index < -0.39 is 0 Å². The van der Waals surface area contributed by atoms with Crippen LogP contribution in [0.1, 0.15) is 32.6 Å². The van der Waals surface area contributed by atoms with Crippen LogP contribution in [0.4, 0.5) is 5.69 Å². The predicted octanol–water partition coefficient (Wildman–Crippen LogP) is 2.45. The number of rotatable bonds is 3. The van der Waals surface area contributed by atoms with Crippen LogP contribution in [0.5, 0.6) is 0 Å². The molecule has 138 valence electrons. The minimum absolute atomic E-state index is 0. The van der Waals surface area contributed by atoms with Crippen molar-refractivity contribution in [3.05, 3.63) is 30.3 Å². The van der Waals surface area contributed by atoms with Gasteiger partial charge in [0.2, 0.25) is 11.8 Å². The van der Waals surface area contributed by atoms with E-state index in [0.29, 0.717) is 6.04 Å². The van der Waals surface area contributed by atoms with Gasteiger partial charge >= 0.3 is 0 Å². The second kappa shape index (κ2) is 8.68. The number of para-hydroxylation sites is 1. The van der Waals surface area contributed by atoms with Gasteiger partial charge in [-0.1, -0.05) is 18.2 Å². The Balaban J connectivity index is 0.00000225. The zero-order valence-electron chi connectivity index (χ0n) is 15.0. The number of carbonyl (C=O) groups is 2. The molecule has 2 heterocycles. The van der Waals surface area contributed by atoms with E-state index in [0.717, 1.165) is 44.5 Å². The quantitative estimate of drug-likeness (QED) is 0.895. The Hall–Kier alpha value is -1.59. The van der Waals surface area contributed by atoms with Gasteiger partial charge in [0.15, 0.2) is 0 Å². The maximum atomic E-state index is 12.9. The van der Waals surface area contributed by atoms with Gasteiger partial charge in [0.1, 0.15) is 6.04 Å². The first-order valence-electron chi connectivity index (χ1n) is 8.94. The second-order valence-electron chi connectivity index (χ2n) is 7.01. The number of carbonyl (C=O) groups excluding carboxylic acids is 2. The van der Waals surface area contributed by atoms with Gasteiger partial charge in [-0.25, -0.2) is 0 Å². The molecule has 0 saturated carbocycles. The van der Waals surface area contributed by atoms with E-state index in [1.165, 1.54) is 0 Å². The van der Waals surface area contributed by atoms with Crippen molar-refractivity contribution in [2.24, 2.45) is 5.92 Å². The lowest BCUT2D eigenvalue weighted by molar-refractivity contribution is -0.143. The molecule has 1 aromatic carbocycles. The van der Waals surface area contributed by atoms with Crippen LogP contribution in [0.3, 0.4) is 0 Å². The van der Waals surface area contributed by atoms with Crippen LogP contribution in [0, 0.1) is 5.92 Å². The number of piperidine rings is 2. The number of likely N-dealkylation sites (N-methyl/N-ethyl adjacent to an activating group) is 1. The van der Waals surface area contributed by atoms with Crippen molar-refractivity contribution in [2.45, 2.75) is 44.7 Å². The van der Waals surface area contributed by atoms with E-state index in [1.807, 2.05) is 35.2 Å². The minimum atomic E-state index is -0.336. The number of benzene rings is 1. The molecule has 2 fully saturated rings. The van der Waals surface area contributed by atoms with Crippen molar-refractivity contribution in [3.8, 4) is 0 Å². The average Bonchev–Trinajstić information content (AvgIpc) is 2.61. The topological polar surface area (TPSA) is 52.7 Å². The van der Waals surface area contributed by atoms with Gasteiger partial charge in [-0.2, -0.15) is 0 Å². The van der Waals surface area contributed by atoms with Crippen LogP contribution >= 0.6 is 12.4 Å². The summed E-state index contributed by atoms with van der Waals surface area (Å²) < 4.78 is 0. The van der Waals surface area contributed by atoms with Crippen LogP contribution in [0.2, 0.25) is 0 Å². The molecule has 6 heteroatoms. The summed E-state index contributed by atoms with van der Waals surface area (Å²) in [7, 11) is 1.80. The summed E-state index contributed by atoms with van der Waals surface area (Å²) in [4.78, 5) is 29.3. The molecule has 2 aliphatic heterocycles. The van der Waals surface area contributed by atoms with Gasteiger partial charge in [-0.15, -0.1) is 12.4 Å². The molecule has 0 aromatic heterocycles. The van der Waals surface area contributed by atoms with Crippen molar-refractivity contribution in [1.82, 2.24) is 10.2 Å². The molecule has 2 amide bonds. The van der Waals surface area contributed by atoms with Crippen LogP contribution in [0.25, 0.3) is 0 Å². The molecule has 25 heavy (non-hydrogen) atoms. The lowest BCUT2D eigenvalue weighted by atomic mass is 9.91. The third-order valence-electron chi connectivity index (χ3n) is 5.27. The molecule has 3 atom stereocenters. The van der Waals surface area contributed by atoms with Crippen molar-refractivity contribution in [2.75, 3.05) is 25.0 Å². The number of nitrogens with one attached hydrogen (secondary N) is 1. The molecule has 0 bridgehead atoms. The van der Waals surface area contributed by atoms with Gasteiger partial charge in [-0.05, 0) is 51.3 Å². The van der Waals surface area contributed by atoms with Gasteiger partial charge in [0.05, 0.1) is 0 Å². The third-order valence-corrected chi connectivity index (χ3v) is 5.27. The fraction of sp³-hybridized carbons (Fsp3) is 0.579. The monoisotopic (exact) mass is 365 g/mol. The SMILES string of the molecule is C[C@H]1C[C@@H](C(=O)N(C)C2CCCN(c3ccccc3)C2=O)CCN1.Cl. The second-order valence-corrected chi connectivity index (χ2v) is 7.01. The lowest BCUT2D eigenvalue weighted by Crippen LogP contribution is -2.55. The maximum absolute atomic E-state index is 12.9. The predicted molar refractivity (Wildman–Crippen MR) is 102 cm³/mol. The number of hydrogen-bond acceptors (Lipinski definition) is 3. The zero-order chi connectivity index (χ0) is 17.1. The van der Waals surface area contributed by atoms with Crippen molar-refractivity contribution in [1.29, 1.82) is 0 Å². The minimum Gasteiger partial charge on any atom is -0.333 e. The number of amides is 2. The summed E-state index contributed by atoms with van der Waals surface area (Å²) in [6, 6.07) is 9.77. The highest BCUT2D eigenvalue weighted by Crippen LogP contribution is 2.26. The first kappa shape index (κ1) is 19.7. The molecule has 1 unspecified atom stereocenters. The fourth-order valence-corrected chi connectivity index (χ4v) is 3.88. The van der Waals surface area contributed by atoms with Gasteiger partial charge < -0.3 is 15.1 Å². The van der Waals surface area contributed by atoms with Gasteiger partial charge in [0, 0.05) is 31.2 Å². The molecular formula is C19H28ClN3O2.